The van der Waals surface area contributed by atoms with Gasteiger partial charge in [-0.1, -0.05) is 18.2 Å². The summed E-state index contributed by atoms with van der Waals surface area (Å²) >= 11 is 0. The zero-order valence-corrected chi connectivity index (χ0v) is 14.7. The lowest BCUT2D eigenvalue weighted by Crippen LogP contribution is -2.36. The number of carbonyl (C=O) groups is 3. The highest BCUT2D eigenvalue weighted by Gasteiger charge is 2.34. The maximum atomic E-state index is 12.6. The number of rotatable bonds is 4. The molecule has 0 saturated carbocycles. The topological polar surface area (TPSA) is 86.7 Å². The molecule has 0 unspecified atom stereocenters. The van der Waals surface area contributed by atoms with Crippen molar-refractivity contribution < 1.29 is 19.5 Å². The summed E-state index contributed by atoms with van der Waals surface area (Å²) in [5.41, 5.74) is 1.07. The van der Waals surface area contributed by atoms with Crippen LogP contribution in [0.15, 0.2) is 36.4 Å². The minimum atomic E-state index is -0.955. The van der Waals surface area contributed by atoms with Gasteiger partial charge in [0.25, 0.3) is 5.91 Å². The molecule has 26 heavy (non-hydrogen) atoms. The summed E-state index contributed by atoms with van der Waals surface area (Å²) in [5, 5.41) is 12.1. The summed E-state index contributed by atoms with van der Waals surface area (Å²) < 4.78 is 0. The summed E-state index contributed by atoms with van der Waals surface area (Å²) in [7, 11) is 0. The Morgan fingerprint density at radius 2 is 1.69 bits per heavy atom. The van der Waals surface area contributed by atoms with Gasteiger partial charge in [-0.3, -0.25) is 14.4 Å². The molecule has 2 atom stereocenters. The number of piperidine rings is 1. The van der Waals surface area contributed by atoms with Crippen LogP contribution in [0.4, 0.5) is 5.69 Å². The van der Waals surface area contributed by atoms with E-state index in [1.54, 1.807) is 30.3 Å². The summed E-state index contributed by atoms with van der Waals surface area (Å²) in [4.78, 5) is 38.4. The maximum absolute atomic E-state index is 12.6. The molecule has 0 spiro atoms. The Morgan fingerprint density at radius 3 is 2.38 bits per heavy atom. The number of carboxylic acids is 1. The van der Waals surface area contributed by atoms with Crippen molar-refractivity contribution in [1.29, 1.82) is 0 Å². The molecule has 0 radical (unpaired) electrons. The molecule has 1 aromatic carbocycles. The van der Waals surface area contributed by atoms with Crippen molar-refractivity contribution in [3.05, 3.63) is 42.0 Å². The molecule has 1 aliphatic carbocycles. The van der Waals surface area contributed by atoms with Crippen LogP contribution in [0.2, 0.25) is 0 Å². The van der Waals surface area contributed by atoms with E-state index in [0.717, 1.165) is 32.4 Å². The molecule has 2 amide bonds. The highest BCUT2D eigenvalue weighted by Crippen LogP contribution is 2.27. The number of allylic oxidation sites excluding steroid dienone is 2. The van der Waals surface area contributed by atoms with Crippen LogP contribution in [0.3, 0.4) is 0 Å². The van der Waals surface area contributed by atoms with Crippen LogP contribution < -0.4 is 5.32 Å². The Kier molecular flexibility index (Phi) is 5.71. The monoisotopic (exact) mass is 356 g/mol. The third kappa shape index (κ3) is 4.12. The molecular formula is C20H24N2O4. The Hall–Kier alpha value is -2.63. The quantitative estimate of drug-likeness (QED) is 0.812. The number of nitrogens with one attached hydrogen (secondary N) is 1. The fourth-order valence-electron chi connectivity index (χ4n) is 3.62. The number of nitrogens with zero attached hydrogens (tertiary/aromatic N) is 1. The highest BCUT2D eigenvalue weighted by atomic mass is 16.4. The standard InChI is InChI=1S/C20H24N2O4/c23-18(16-9-2-3-10-17(16)20(25)26)21-15-8-6-7-14(13-15)19(24)22-11-4-1-5-12-22/h2-3,6-8,13,16-17H,1,4-5,9-12H2,(H,21,23)(H,25,26)/t16-,17-/m0/s1. The molecule has 138 valence electrons. The van der Waals surface area contributed by atoms with Crippen molar-refractivity contribution in [3.63, 3.8) is 0 Å². The van der Waals surface area contributed by atoms with E-state index < -0.39 is 17.8 Å². The molecule has 3 rings (SSSR count). The Balaban J connectivity index is 1.70. The van der Waals surface area contributed by atoms with Crippen LogP contribution in [0.25, 0.3) is 0 Å². The van der Waals surface area contributed by atoms with E-state index >= 15 is 0 Å². The van der Waals surface area contributed by atoms with Crippen molar-refractivity contribution in [1.82, 2.24) is 4.90 Å². The third-order valence-electron chi connectivity index (χ3n) is 5.11. The molecule has 6 heteroatoms. The molecule has 2 N–H and O–H groups in total. The van der Waals surface area contributed by atoms with Gasteiger partial charge in [-0.15, -0.1) is 0 Å². The number of likely N-dealkylation sites (tertiary alicyclic amines) is 1. The van der Waals surface area contributed by atoms with Crippen molar-refractivity contribution in [2.75, 3.05) is 18.4 Å². The lowest BCUT2D eigenvalue weighted by molar-refractivity contribution is -0.146. The predicted molar refractivity (Wildman–Crippen MR) is 97.8 cm³/mol. The Labute approximate surface area is 152 Å². The van der Waals surface area contributed by atoms with Gasteiger partial charge in [0.05, 0.1) is 11.8 Å². The van der Waals surface area contributed by atoms with E-state index in [0.29, 0.717) is 24.1 Å². The molecule has 1 heterocycles. The van der Waals surface area contributed by atoms with E-state index in [4.69, 9.17) is 0 Å². The number of hydrogen-bond donors (Lipinski definition) is 2. The second-order valence-electron chi connectivity index (χ2n) is 6.92. The van der Waals surface area contributed by atoms with Crippen molar-refractivity contribution in [2.24, 2.45) is 11.8 Å². The molecule has 0 bridgehead atoms. The number of anilines is 1. The smallest absolute Gasteiger partial charge is 0.307 e. The minimum absolute atomic E-state index is 0.0233. The van der Waals surface area contributed by atoms with Gasteiger partial charge in [0.2, 0.25) is 5.91 Å². The Bertz CT molecular complexity index is 722. The average Bonchev–Trinajstić information content (AvgIpc) is 2.68. The van der Waals surface area contributed by atoms with Gasteiger partial charge in [-0.2, -0.15) is 0 Å². The molecule has 1 aliphatic heterocycles. The first-order valence-electron chi connectivity index (χ1n) is 9.14. The largest absolute Gasteiger partial charge is 0.481 e. The van der Waals surface area contributed by atoms with Gasteiger partial charge in [0.15, 0.2) is 0 Å². The van der Waals surface area contributed by atoms with Crippen molar-refractivity contribution >= 4 is 23.5 Å². The first-order valence-corrected chi connectivity index (χ1v) is 9.14. The van der Waals surface area contributed by atoms with Crippen molar-refractivity contribution in [3.8, 4) is 0 Å². The second-order valence-corrected chi connectivity index (χ2v) is 6.92. The highest BCUT2D eigenvalue weighted by molar-refractivity contribution is 5.98. The molecule has 1 fully saturated rings. The SMILES string of the molecule is O=C(O)[C@H]1CC=CC[C@@H]1C(=O)Nc1cccc(C(=O)N2CCCCC2)c1. The van der Waals surface area contributed by atoms with Gasteiger partial charge in [-0.05, 0) is 50.3 Å². The van der Waals surface area contributed by atoms with Crippen LogP contribution in [0, 0.1) is 11.8 Å². The normalized spacial score (nSPS) is 22.7. The summed E-state index contributed by atoms with van der Waals surface area (Å²) in [6, 6.07) is 6.88. The van der Waals surface area contributed by atoms with E-state index in [1.807, 2.05) is 11.0 Å². The van der Waals surface area contributed by atoms with Crippen LogP contribution in [0.1, 0.15) is 42.5 Å². The van der Waals surface area contributed by atoms with Gasteiger partial charge >= 0.3 is 5.97 Å². The zero-order valence-electron chi connectivity index (χ0n) is 14.7. The fourth-order valence-corrected chi connectivity index (χ4v) is 3.62. The van der Waals surface area contributed by atoms with Gasteiger partial charge in [0.1, 0.15) is 0 Å². The Morgan fingerprint density at radius 1 is 1.00 bits per heavy atom. The summed E-state index contributed by atoms with van der Waals surface area (Å²) in [5.74, 6) is -2.60. The van der Waals surface area contributed by atoms with E-state index in [2.05, 4.69) is 5.32 Å². The number of aliphatic carboxylic acids is 1. The molecule has 1 aromatic rings. The summed E-state index contributed by atoms with van der Waals surface area (Å²) in [6.45, 7) is 1.54. The van der Waals surface area contributed by atoms with Crippen LogP contribution >= 0.6 is 0 Å². The first-order chi connectivity index (χ1) is 12.6. The van der Waals surface area contributed by atoms with Crippen molar-refractivity contribution in [2.45, 2.75) is 32.1 Å². The van der Waals surface area contributed by atoms with Crippen LogP contribution in [0.5, 0.6) is 0 Å². The molecule has 1 saturated heterocycles. The number of carbonyl (C=O) groups excluding carboxylic acids is 2. The third-order valence-corrected chi connectivity index (χ3v) is 5.11. The predicted octanol–water partition coefficient (Wildman–Crippen LogP) is 2.92. The number of benzene rings is 1. The molecule has 6 nitrogen and oxygen atoms in total. The van der Waals surface area contributed by atoms with Gasteiger partial charge in [-0.25, -0.2) is 0 Å². The maximum Gasteiger partial charge on any atom is 0.307 e. The molecular weight excluding hydrogens is 332 g/mol. The summed E-state index contributed by atoms with van der Waals surface area (Å²) in [6.07, 6.45) is 7.62. The molecule has 2 aliphatic rings. The number of carboxylic acid groups (broad SMARTS) is 1. The van der Waals surface area contributed by atoms with Crippen LogP contribution in [-0.4, -0.2) is 40.9 Å². The minimum Gasteiger partial charge on any atom is -0.481 e. The average molecular weight is 356 g/mol. The van der Waals surface area contributed by atoms with Gasteiger partial charge in [0, 0.05) is 24.3 Å². The van der Waals surface area contributed by atoms with Crippen LogP contribution in [-0.2, 0) is 9.59 Å². The zero-order chi connectivity index (χ0) is 18.5. The van der Waals surface area contributed by atoms with E-state index in [1.165, 1.54) is 0 Å². The lowest BCUT2D eigenvalue weighted by atomic mass is 9.82. The molecule has 0 aromatic heterocycles. The second kappa shape index (κ2) is 8.17. The fraction of sp³-hybridized carbons (Fsp3) is 0.450. The van der Waals surface area contributed by atoms with E-state index in [-0.39, 0.29) is 11.8 Å². The lowest BCUT2D eigenvalue weighted by Gasteiger charge is -2.27. The first kappa shape index (κ1) is 18.2. The van der Waals surface area contributed by atoms with Gasteiger partial charge < -0.3 is 15.3 Å². The van der Waals surface area contributed by atoms with E-state index in [9.17, 15) is 19.5 Å². The number of hydrogen-bond acceptors (Lipinski definition) is 3. The number of amides is 2.